The molecule has 0 radical (unpaired) electrons. The predicted molar refractivity (Wildman–Crippen MR) is 114 cm³/mol. The molecule has 4 nitrogen and oxygen atoms in total. The Balaban J connectivity index is 1.83. The lowest BCUT2D eigenvalue weighted by atomic mass is 9.77. The molecule has 0 spiro atoms. The summed E-state index contributed by atoms with van der Waals surface area (Å²) < 4.78 is 46.8. The van der Waals surface area contributed by atoms with Crippen molar-refractivity contribution in [2.24, 2.45) is 5.92 Å². The highest BCUT2D eigenvalue weighted by Gasteiger charge is 2.27. The third kappa shape index (κ3) is 4.93. The van der Waals surface area contributed by atoms with Gasteiger partial charge in [0.15, 0.2) is 11.6 Å². The second-order valence-electron chi connectivity index (χ2n) is 8.34. The molecule has 1 aliphatic carbocycles. The zero-order chi connectivity index (χ0) is 22.1. The molecule has 0 bridgehead atoms. The smallest absolute Gasteiger partial charge is 0.356 e. The first-order chi connectivity index (χ1) is 14.1. The zero-order valence-electron chi connectivity index (χ0n) is 17.6. The van der Waals surface area contributed by atoms with E-state index in [1.165, 1.54) is 24.6 Å². The van der Waals surface area contributed by atoms with Gasteiger partial charge in [-0.25, -0.2) is 4.39 Å². The molecule has 0 atom stereocenters. The van der Waals surface area contributed by atoms with Crippen LogP contribution in [-0.4, -0.2) is 9.79 Å². The number of halogens is 2. The minimum atomic E-state index is -4.41. The molecule has 7 heteroatoms. The molecule has 0 saturated heterocycles. The van der Waals surface area contributed by atoms with Gasteiger partial charge in [-0.15, -0.1) is 0 Å². The van der Waals surface area contributed by atoms with Gasteiger partial charge in [-0.05, 0) is 86.3 Å². The first kappa shape index (κ1) is 22.9. The summed E-state index contributed by atoms with van der Waals surface area (Å²) in [5, 5.41) is -0.134. The van der Waals surface area contributed by atoms with Crippen molar-refractivity contribution in [3.63, 3.8) is 0 Å². The van der Waals surface area contributed by atoms with Crippen LogP contribution in [0.3, 0.4) is 0 Å². The first-order valence-corrected chi connectivity index (χ1v) is 12.1. The monoisotopic (exact) mass is 438 g/mol. The molecule has 0 aliphatic heterocycles. The van der Waals surface area contributed by atoms with Gasteiger partial charge in [0.2, 0.25) is 5.82 Å². The average molecular weight is 438 g/mol. The third-order valence-corrected chi connectivity index (χ3v) is 6.98. The Bertz CT molecular complexity index is 939. The van der Waals surface area contributed by atoms with Gasteiger partial charge < -0.3 is 14.5 Å². The molecule has 164 valence electrons. The molecule has 1 aliphatic rings. The van der Waals surface area contributed by atoms with E-state index >= 15 is 0 Å². The maximum absolute atomic E-state index is 14.9. The van der Waals surface area contributed by atoms with Crippen LogP contribution in [0, 0.1) is 31.4 Å². The average Bonchev–Trinajstić information content (AvgIpc) is 2.68. The quantitative estimate of drug-likeness (QED) is 0.523. The molecule has 0 heterocycles. The summed E-state index contributed by atoms with van der Waals surface area (Å²) in [7, 11) is -4.41. The number of hydrogen-bond acceptors (Lipinski definition) is 2. The van der Waals surface area contributed by atoms with E-state index < -0.39 is 19.2 Å². The van der Waals surface area contributed by atoms with Crippen LogP contribution in [0.2, 0.25) is 0 Å². The van der Waals surface area contributed by atoms with E-state index in [-0.39, 0.29) is 22.7 Å². The molecular weight excluding hydrogens is 409 g/mol. The summed E-state index contributed by atoms with van der Waals surface area (Å²) in [6, 6.07) is 5.66. The highest BCUT2D eigenvalue weighted by atomic mass is 31.2. The Morgan fingerprint density at radius 1 is 1.03 bits per heavy atom. The molecule has 1 saturated carbocycles. The van der Waals surface area contributed by atoms with E-state index in [1.807, 2.05) is 0 Å². The molecular formula is C23H29F2O4P. The van der Waals surface area contributed by atoms with Gasteiger partial charge in [-0.1, -0.05) is 25.8 Å². The maximum Gasteiger partial charge on any atom is 0.356 e. The predicted octanol–water partition coefficient (Wildman–Crippen LogP) is 6.25. The molecule has 2 aromatic rings. The fourth-order valence-electron chi connectivity index (χ4n) is 4.48. The second-order valence-corrected chi connectivity index (χ2v) is 9.95. The zero-order valence-corrected chi connectivity index (χ0v) is 18.5. The minimum Gasteiger partial charge on any atom is -0.454 e. The Kier molecular flexibility index (Phi) is 7.01. The van der Waals surface area contributed by atoms with Gasteiger partial charge in [0.1, 0.15) is 5.75 Å². The van der Waals surface area contributed by atoms with E-state index in [0.717, 1.165) is 32.1 Å². The van der Waals surface area contributed by atoms with Crippen molar-refractivity contribution in [3.05, 3.63) is 52.6 Å². The number of aryl methyl sites for hydroxylation is 2. The summed E-state index contributed by atoms with van der Waals surface area (Å²) in [5.41, 5.74) is 1.28. The summed E-state index contributed by atoms with van der Waals surface area (Å²) >= 11 is 0. The highest BCUT2D eigenvalue weighted by molar-refractivity contribution is 7.60. The summed E-state index contributed by atoms with van der Waals surface area (Å²) in [5.74, 6) is -1.16. The van der Waals surface area contributed by atoms with Gasteiger partial charge in [0, 0.05) is 0 Å². The van der Waals surface area contributed by atoms with Gasteiger partial charge >= 0.3 is 7.60 Å². The van der Waals surface area contributed by atoms with Crippen molar-refractivity contribution >= 4 is 12.9 Å². The van der Waals surface area contributed by atoms with Crippen LogP contribution in [-0.2, 0) is 4.57 Å². The van der Waals surface area contributed by atoms with Gasteiger partial charge in [0.25, 0.3) is 0 Å². The molecule has 2 aromatic carbocycles. The van der Waals surface area contributed by atoms with E-state index in [9.17, 15) is 23.1 Å². The molecule has 2 N–H and O–H groups in total. The van der Waals surface area contributed by atoms with E-state index in [4.69, 9.17) is 4.74 Å². The van der Waals surface area contributed by atoms with E-state index in [1.54, 1.807) is 19.9 Å². The molecule has 0 unspecified atom stereocenters. The fourth-order valence-corrected chi connectivity index (χ4v) is 5.20. The van der Waals surface area contributed by atoms with Crippen molar-refractivity contribution < 1.29 is 27.9 Å². The highest BCUT2D eigenvalue weighted by Crippen LogP contribution is 2.41. The van der Waals surface area contributed by atoms with Crippen molar-refractivity contribution in [1.29, 1.82) is 0 Å². The summed E-state index contributed by atoms with van der Waals surface area (Å²) in [6.45, 7) is 5.39. The number of rotatable bonds is 6. The van der Waals surface area contributed by atoms with Crippen molar-refractivity contribution in [2.45, 2.75) is 65.2 Å². The number of hydrogen-bond donors (Lipinski definition) is 2. The molecule has 0 amide bonds. The van der Waals surface area contributed by atoms with Crippen LogP contribution in [0.15, 0.2) is 24.3 Å². The van der Waals surface area contributed by atoms with Crippen molar-refractivity contribution in [3.8, 4) is 11.5 Å². The van der Waals surface area contributed by atoms with Crippen LogP contribution in [0.25, 0.3) is 0 Å². The summed E-state index contributed by atoms with van der Waals surface area (Å²) in [6.07, 6.45) is 6.16. The maximum atomic E-state index is 14.9. The van der Waals surface area contributed by atoms with Crippen LogP contribution in [0.4, 0.5) is 8.78 Å². The molecule has 1 fully saturated rings. The third-order valence-electron chi connectivity index (χ3n) is 6.05. The lowest BCUT2D eigenvalue weighted by Crippen LogP contribution is -2.15. The van der Waals surface area contributed by atoms with Crippen LogP contribution >= 0.6 is 7.60 Å². The second kappa shape index (κ2) is 9.17. The van der Waals surface area contributed by atoms with Crippen LogP contribution < -0.4 is 10.0 Å². The van der Waals surface area contributed by atoms with Crippen molar-refractivity contribution in [1.82, 2.24) is 0 Å². The van der Waals surface area contributed by atoms with Gasteiger partial charge in [-0.3, -0.25) is 4.57 Å². The Morgan fingerprint density at radius 3 is 2.17 bits per heavy atom. The van der Waals surface area contributed by atoms with Gasteiger partial charge in [-0.2, -0.15) is 4.39 Å². The Morgan fingerprint density at radius 2 is 1.63 bits per heavy atom. The lowest BCUT2D eigenvalue weighted by Gasteiger charge is -2.29. The minimum absolute atomic E-state index is 0.0210. The Labute approximate surface area is 176 Å². The standard InChI is InChI=1S/C23H29F2O4P/c1-4-5-16-6-8-17(9-7-16)19-10-11-20(22(25)21(19)24)29-23-14(2)12-18(13-15(23)3)30(26,27)28/h10-13,16-17H,4-9H2,1-3H3,(H2,26,27,28). The van der Waals surface area contributed by atoms with Crippen LogP contribution in [0.1, 0.15) is 68.1 Å². The van der Waals surface area contributed by atoms with Gasteiger partial charge in [0.05, 0.1) is 5.30 Å². The Hall–Kier alpha value is -1.75. The topological polar surface area (TPSA) is 66.8 Å². The largest absolute Gasteiger partial charge is 0.454 e. The van der Waals surface area contributed by atoms with E-state index in [2.05, 4.69) is 6.92 Å². The summed E-state index contributed by atoms with van der Waals surface area (Å²) in [4.78, 5) is 18.7. The molecule has 30 heavy (non-hydrogen) atoms. The molecule has 0 aromatic heterocycles. The molecule has 3 rings (SSSR count). The normalized spacial score (nSPS) is 19.7. The SMILES string of the molecule is CCCC1CCC(c2ccc(Oc3c(C)cc(P(=O)(O)O)cc3C)c(F)c2F)CC1. The fraction of sp³-hybridized carbons (Fsp3) is 0.478. The number of ether oxygens (including phenoxy) is 1. The first-order valence-electron chi connectivity index (χ1n) is 10.4. The lowest BCUT2D eigenvalue weighted by molar-refractivity contribution is 0.302. The van der Waals surface area contributed by atoms with E-state index in [0.29, 0.717) is 22.6 Å². The van der Waals surface area contributed by atoms with Crippen molar-refractivity contribution in [2.75, 3.05) is 0 Å². The number of benzene rings is 2. The van der Waals surface area contributed by atoms with Crippen LogP contribution in [0.5, 0.6) is 11.5 Å².